The largest absolute Gasteiger partial charge is 0.488 e. The second kappa shape index (κ2) is 6.02. The van der Waals surface area contributed by atoms with Crippen molar-refractivity contribution in [3.8, 4) is 5.75 Å². The van der Waals surface area contributed by atoms with Gasteiger partial charge in [-0.2, -0.15) is 0 Å². The SMILES string of the molecule is O=C(O)C1CCCC(NCC2Cc3cc(F)ccc3O2)C1. The number of rotatable bonds is 4. The van der Waals surface area contributed by atoms with Crippen LogP contribution in [0.2, 0.25) is 0 Å². The third-order valence-electron chi connectivity index (χ3n) is 4.42. The molecule has 21 heavy (non-hydrogen) atoms. The van der Waals surface area contributed by atoms with Crippen LogP contribution >= 0.6 is 0 Å². The number of carboxylic acids is 1. The van der Waals surface area contributed by atoms with Crippen LogP contribution in [0, 0.1) is 11.7 Å². The first-order chi connectivity index (χ1) is 10.1. The third kappa shape index (κ3) is 3.35. The molecule has 0 saturated heterocycles. The van der Waals surface area contributed by atoms with Gasteiger partial charge in [0, 0.05) is 24.6 Å². The zero-order valence-corrected chi connectivity index (χ0v) is 11.8. The van der Waals surface area contributed by atoms with Gasteiger partial charge in [0.25, 0.3) is 0 Å². The molecule has 1 saturated carbocycles. The Morgan fingerprint density at radius 2 is 2.29 bits per heavy atom. The molecule has 3 rings (SSSR count). The average molecular weight is 293 g/mol. The van der Waals surface area contributed by atoms with Crippen molar-refractivity contribution in [1.82, 2.24) is 5.32 Å². The molecule has 2 aliphatic rings. The number of carboxylic acid groups (broad SMARTS) is 1. The van der Waals surface area contributed by atoms with Crippen LogP contribution in [0.4, 0.5) is 4.39 Å². The van der Waals surface area contributed by atoms with Gasteiger partial charge in [-0.1, -0.05) is 6.42 Å². The van der Waals surface area contributed by atoms with E-state index in [0.717, 1.165) is 30.6 Å². The Morgan fingerprint density at radius 3 is 3.10 bits per heavy atom. The fourth-order valence-corrected chi connectivity index (χ4v) is 3.30. The molecule has 3 unspecified atom stereocenters. The summed E-state index contributed by atoms with van der Waals surface area (Å²) >= 11 is 0. The minimum atomic E-state index is -0.693. The van der Waals surface area contributed by atoms with Gasteiger partial charge >= 0.3 is 5.97 Å². The summed E-state index contributed by atoms with van der Waals surface area (Å²) in [5.74, 6) is -0.397. The molecule has 1 aliphatic carbocycles. The molecule has 5 heteroatoms. The first-order valence-electron chi connectivity index (χ1n) is 7.53. The maximum absolute atomic E-state index is 13.2. The van der Waals surface area contributed by atoms with E-state index in [-0.39, 0.29) is 23.9 Å². The Morgan fingerprint density at radius 1 is 1.43 bits per heavy atom. The highest BCUT2D eigenvalue weighted by Gasteiger charge is 2.28. The predicted molar refractivity (Wildman–Crippen MR) is 75.9 cm³/mol. The molecule has 1 aromatic rings. The zero-order valence-electron chi connectivity index (χ0n) is 11.8. The smallest absolute Gasteiger partial charge is 0.306 e. The van der Waals surface area contributed by atoms with E-state index in [4.69, 9.17) is 9.84 Å². The quantitative estimate of drug-likeness (QED) is 0.895. The highest BCUT2D eigenvalue weighted by molar-refractivity contribution is 5.70. The van der Waals surface area contributed by atoms with E-state index < -0.39 is 5.97 Å². The molecule has 0 radical (unpaired) electrons. The van der Waals surface area contributed by atoms with Crippen LogP contribution in [-0.2, 0) is 11.2 Å². The highest BCUT2D eigenvalue weighted by atomic mass is 19.1. The van der Waals surface area contributed by atoms with E-state index in [9.17, 15) is 9.18 Å². The Bertz CT molecular complexity index is 534. The fourth-order valence-electron chi connectivity index (χ4n) is 3.30. The summed E-state index contributed by atoms with van der Waals surface area (Å²) in [5.41, 5.74) is 0.911. The van der Waals surface area contributed by atoms with Crippen LogP contribution in [0.3, 0.4) is 0 Å². The van der Waals surface area contributed by atoms with Crippen molar-refractivity contribution in [3.63, 3.8) is 0 Å². The van der Waals surface area contributed by atoms with Crippen molar-refractivity contribution < 1.29 is 19.0 Å². The standard InChI is InChI=1S/C16H20FNO3/c17-12-4-5-15-11(6-12)8-14(21-15)9-18-13-3-1-2-10(7-13)16(19)20/h4-6,10,13-14,18H,1-3,7-9H2,(H,19,20). The van der Waals surface area contributed by atoms with Crippen LogP contribution < -0.4 is 10.1 Å². The number of hydrogen-bond acceptors (Lipinski definition) is 3. The molecule has 0 bridgehead atoms. The van der Waals surface area contributed by atoms with Crippen LogP contribution in [0.1, 0.15) is 31.2 Å². The molecule has 1 fully saturated rings. The van der Waals surface area contributed by atoms with E-state index in [0.29, 0.717) is 19.4 Å². The molecule has 4 nitrogen and oxygen atoms in total. The molecule has 1 aliphatic heterocycles. The number of benzene rings is 1. The molecule has 114 valence electrons. The summed E-state index contributed by atoms with van der Waals surface area (Å²) < 4.78 is 18.9. The summed E-state index contributed by atoms with van der Waals surface area (Å²) in [6.07, 6.45) is 4.13. The van der Waals surface area contributed by atoms with Crippen molar-refractivity contribution in [1.29, 1.82) is 0 Å². The number of nitrogens with one attached hydrogen (secondary N) is 1. The molecular weight excluding hydrogens is 273 g/mol. The Hall–Kier alpha value is -1.62. The number of hydrogen-bond donors (Lipinski definition) is 2. The molecule has 3 atom stereocenters. The Kier molecular flexibility index (Phi) is 4.10. The summed E-state index contributed by atoms with van der Waals surface area (Å²) in [7, 11) is 0. The van der Waals surface area contributed by atoms with Gasteiger partial charge in [-0.05, 0) is 37.5 Å². The number of ether oxygens (including phenoxy) is 1. The van der Waals surface area contributed by atoms with Crippen molar-refractivity contribution in [2.45, 2.75) is 44.2 Å². The summed E-state index contributed by atoms with van der Waals surface area (Å²) in [6, 6.07) is 4.85. The second-order valence-corrected chi connectivity index (χ2v) is 6.00. The zero-order chi connectivity index (χ0) is 14.8. The van der Waals surface area contributed by atoms with E-state index in [1.54, 1.807) is 6.07 Å². The van der Waals surface area contributed by atoms with E-state index in [1.807, 2.05) is 0 Å². The second-order valence-electron chi connectivity index (χ2n) is 6.00. The molecule has 0 amide bonds. The van der Waals surface area contributed by atoms with Crippen LogP contribution in [-0.4, -0.2) is 29.8 Å². The van der Waals surface area contributed by atoms with Crippen LogP contribution in [0.15, 0.2) is 18.2 Å². The Balaban J connectivity index is 1.50. The number of halogens is 1. The number of carbonyl (C=O) groups is 1. The summed E-state index contributed by atoms with van der Waals surface area (Å²) in [6.45, 7) is 0.674. The highest BCUT2D eigenvalue weighted by Crippen LogP contribution is 2.29. The van der Waals surface area contributed by atoms with Crippen LogP contribution in [0.25, 0.3) is 0 Å². The van der Waals surface area contributed by atoms with Gasteiger partial charge in [0.15, 0.2) is 0 Å². The van der Waals surface area contributed by atoms with Gasteiger partial charge in [-0.15, -0.1) is 0 Å². The molecule has 2 N–H and O–H groups in total. The van der Waals surface area contributed by atoms with Gasteiger partial charge in [-0.25, -0.2) is 4.39 Å². The number of aliphatic carboxylic acids is 1. The van der Waals surface area contributed by atoms with Crippen LogP contribution in [0.5, 0.6) is 5.75 Å². The maximum atomic E-state index is 13.2. The Labute approximate surface area is 123 Å². The van der Waals surface area contributed by atoms with Gasteiger partial charge in [0.1, 0.15) is 17.7 Å². The first-order valence-corrected chi connectivity index (χ1v) is 7.53. The van der Waals surface area contributed by atoms with E-state index in [1.165, 1.54) is 12.1 Å². The lowest BCUT2D eigenvalue weighted by Crippen LogP contribution is -2.41. The minimum Gasteiger partial charge on any atom is -0.488 e. The topological polar surface area (TPSA) is 58.6 Å². The van der Waals surface area contributed by atoms with Gasteiger partial charge in [0.05, 0.1) is 5.92 Å². The van der Waals surface area contributed by atoms with Crippen molar-refractivity contribution in [2.75, 3.05) is 6.54 Å². The third-order valence-corrected chi connectivity index (χ3v) is 4.42. The molecule has 0 spiro atoms. The minimum absolute atomic E-state index is 0.00649. The fraction of sp³-hybridized carbons (Fsp3) is 0.562. The predicted octanol–water partition coefficient (Wildman–Crippen LogP) is 2.36. The molecular formula is C16H20FNO3. The maximum Gasteiger partial charge on any atom is 0.306 e. The lowest BCUT2D eigenvalue weighted by atomic mass is 9.86. The normalized spacial score (nSPS) is 28.0. The van der Waals surface area contributed by atoms with Gasteiger partial charge in [-0.3, -0.25) is 4.79 Å². The molecule has 0 aromatic heterocycles. The van der Waals surface area contributed by atoms with Gasteiger partial charge < -0.3 is 15.2 Å². The lowest BCUT2D eigenvalue weighted by molar-refractivity contribution is -0.143. The summed E-state index contributed by atoms with van der Waals surface area (Å²) in [5, 5.41) is 12.5. The molecule has 1 heterocycles. The van der Waals surface area contributed by atoms with E-state index >= 15 is 0 Å². The average Bonchev–Trinajstić information content (AvgIpc) is 2.87. The van der Waals surface area contributed by atoms with E-state index in [2.05, 4.69) is 5.32 Å². The lowest BCUT2D eigenvalue weighted by Gasteiger charge is -2.28. The first kappa shape index (κ1) is 14.3. The van der Waals surface area contributed by atoms with Crippen molar-refractivity contribution in [3.05, 3.63) is 29.6 Å². The van der Waals surface area contributed by atoms with Crippen molar-refractivity contribution in [2.24, 2.45) is 5.92 Å². The monoisotopic (exact) mass is 293 g/mol. The number of fused-ring (bicyclic) bond motifs is 1. The molecule has 1 aromatic carbocycles. The van der Waals surface area contributed by atoms with Gasteiger partial charge in [0.2, 0.25) is 0 Å². The summed E-state index contributed by atoms with van der Waals surface area (Å²) in [4.78, 5) is 11.1. The van der Waals surface area contributed by atoms with Crippen molar-refractivity contribution >= 4 is 5.97 Å².